The maximum atomic E-state index is 12.6. The molecule has 1 N–H and O–H groups in total. The minimum Gasteiger partial charge on any atom is -0.430 e. The summed E-state index contributed by atoms with van der Waals surface area (Å²) in [5, 5.41) is 3.19. The van der Waals surface area contributed by atoms with E-state index in [1.807, 2.05) is 20.8 Å². The van der Waals surface area contributed by atoms with E-state index in [0.717, 1.165) is 12.8 Å². The summed E-state index contributed by atoms with van der Waals surface area (Å²) in [7, 11) is 0. The maximum absolute atomic E-state index is 12.6. The number of ether oxygens (including phenoxy) is 1. The van der Waals surface area contributed by atoms with Crippen LogP contribution in [0.5, 0.6) is 0 Å². The van der Waals surface area contributed by atoms with E-state index < -0.39 is 17.2 Å². The van der Waals surface area contributed by atoms with Gasteiger partial charge in [-0.2, -0.15) is 0 Å². The first-order chi connectivity index (χ1) is 10.2. The Balaban J connectivity index is 2.37. The Morgan fingerprint density at radius 2 is 1.95 bits per heavy atom. The molecule has 1 unspecified atom stereocenters. The van der Waals surface area contributed by atoms with Crippen LogP contribution in [0.4, 0.5) is 4.79 Å². The SMILES string of the molecule is CC(C)(C)NC(=O)OC1(c2ccccc2Cl)CCCCC1=O. The number of carbonyl (C=O) groups excluding carboxylic acids is 2. The fraction of sp³-hybridized carbons (Fsp3) is 0.529. The second-order valence-electron chi connectivity index (χ2n) is 6.70. The summed E-state index contributed by atoms with van der Waals surface area (Å²) in [6, 6.07) is 7.07. The molecular weight excluding hydrogens is 302 g/mol. The highest BCUT2D eigenvalue weighted by atomic mass is 35.5. The predicted molar refractivity (Wildman–Crippen MR) is 86.0 cm³/mol. The molecule has 1 atom stereocenters. The monoisotopic (exact) mass is 323 g/mol. The van der Waals surface area contributed by atoms with E-state index in [9.17, 15) is 9.59 Å². The Kier molecular flexibility index (Phi) is 4.81. The van der Waals surface area contributed by atoms with Gasteiger partial charge in [0.05, 0.1) is 0 Å². The number of alkyl carbamates (subject to hydrolysis) is 1. The summed E-state index contributed by atoms with van der Waals surface area (Å²) in [4.78, 5) is 24.8. The van der Waals surface area contributed by atoms with Crippen molar-refractivity contribution in [3.63, 3.8) is 0 Å². The largest absolute Gasteiger partial charge is 0.430 e. The van der Waals surface area contributed by atoms with E-state index in [1.165, 1.54) is 0 Å². The average Bonchev–Trinajstić information content (AvgIpc) is 2.40. The van der Waals surface area contributed by atoms with Gasteiger partial charge in [-0.1, -0.05) is 29.8 Å². The summed E-state index contributed by atoms with van der Waals surface area (Å²) >= 11 is 6.27. The number of benzene rings is 1. The van der Waals surface area contributed by atoms with Gasteiger partial charge < -0.3 is 10.1 Å². The van der Waals surface area contributed by atoms with Crippen LogP contribution in [0.3, 0.4) is 0 Å². The summed E-state index contributed by atoms with van der Waals surface area (Å²) in [6.07, 6.45) is 1.90. The highest BCUT2D eigenvalue weighted by Gasteiger charge is 2.46. The molecule has 0 aliphatic heterocycles. The molecule has 1 saturated carbocycles. The predicted octanol–water partition coefficient (Wildman–Crippen LogP) is 4.20. The summed E-state index contributed by atoms with van der Waals surface area (Å²) < 4.78 is 5.65. The number of amides is 1. The van der Waals surface area contributed by atoms with E-state index >= 15 is 0 Å². The third-order valence-electron chi connectivity index (χ3n) is 3.69. The fourth-order valence-corrected chi connectivity index (χ4v) is 3.02. The Hall–Kier alpha value is -1.55. The number of carbonyl (C=O) groups is 2. The molecule has 0 spiro atoms. The molecule has 22 heavy (non-hydrogen) atoms. The number of hydrogen-bond donors (Lipinski definition) is 1. The van der Waals surface area contributed by atoms with Crippen molar-refractivity contribution in [3.8, 4) is 0 Å². The lowest BCUT2D eigenvalue weighted by molar-refractivity contribution is -0.142. The molecule has 1 fully saturated rings. The van der Waals surface area contributed by atoms with Crippen LogP contribution in [-0.4, -0.2) is 17.4 Å². The van der Waals surface area contributed by atoms with Crippen molar-refractivity contribution in [2.75, 3.05) is 0 Å². The summed E-state index contributed by atoms with van der Waals surface area (Å²) in [5.41, 5.74) is -1.13. The van der Waals surface area contributed by atoms with Gasteiger partial charge in [0, 0.05) is 22.5 Å². The van der Waals surface area contributed by atoms with Crippen LogP contribution in [0.2, 0.25) is 5.02 Å². The number of halogens is 1. The number of nitrogens with one attached hydrogen (secondary N) is 1. The molecule has 120 valence electrons. The van der Waals surface area contributed by atoms with E-state index in [4.69, 9.17) is 16.3 Å². The van der Waals surface area contributed by atoms with Crippen LogP contribution in [0, 0.1) is 0 Å². The standard InChI is InChI=1S/C17H22ClNO3/c1-16(2,3)19-15(21)22-17(11-7-6-10-14(17)20)12-8-4-5-9-13(12)18/h4-5,8-9H,6-7,10-11H2,1-3H3,(H,19,21). The zero-order chi connectivity index (χ0) is 16.4. The molecule has 4 nitrogen and oxygen atoms in total. The van der Waals surface area contributed by atoms with Crippen molar-refractivity contribution in [2.45, 2.75) is 57.6 Å². The molecule has 2 rings (SSSR count). The molecule has 1 aromatic rings. The van der Waals surface area contributed by atoms with E-state index in [1.54, 1.807) is 24.3 Å². The molecule has 1 aliphatic carbocycles. The van der Waals surface area contributed by atoms with Gasteiger partial charge in [-0.3, -0.25) is 4.79 Å². The van der Waals surface area contributed by atoms with Crippen molar-refractivity contribution in [1.29, 1.82) is 0 Å². The van der Waals surface area contributed by atoms with Crippen LogP contribution >= 0.6 is 11.6 Å². The Bertz CT molecular complexity index is 580. The van der Waals surface area contributed by atoms with Gasteiger partial charge in [0.1, 0.15) is 0 Å². The van der Waals surface area contributed by atoms with Gasteiger partial charge >= 0.3 is 6.09 Å². The number of rotatable bonds is 2. The second kappa shape index (κ2) is 6.29. The topological polar surface area (TPSA) is 55.4 Å². The number of Topliss-reactive ketones (excluding diaryl/α,β-unsaturated/α-hetero) is 1. The summed E-state index contributed by atoms with van der Waals surface area (Å²) in [6.45, 7) is 5.58. The highest BCUT2D eigenvalue weighted by Crippen LogP contribution is 2.41. The Morgan fingerprint density at radius 3 is 2.55 bits per heavy atom. The first kappa shape index (κ1) is 16.8. The normalized spacial score (nSPS) is 22.3. The first-order valence-electron chi connectivity index (χ1n) is 7.54. The minimum absolute atomic E-state index is 0.0871. The van der Waals surface area contributed by atoms with E-state index in [0.29, 0.717) is 23.4 Å². The van der Waals surface area contributed by atoms with Crippen molar-refractivity contribution in [2.24, 2.45) is 0 Å². The Labute approximate surface area is 136 Å². The van der Waals surface area contributed by atoms with Crippen molar-refractivity contribution >= 4 is 23.5 Å². The molecule has 0 radical (unpaired) electrons. The molecule has 1 aromatic carbocycles. The van der Waals surface area contributed by atoms with Gasteiger partial charge in [0.15, 0.2) is 11.4 Å². The van der Waals surface area contributed by atoms with Crippen LogP contribution in [-0.2, 0) is 15.1 Å². The number of ketones is 1. The number of hydrogen-bond acceptors (Lipinski definition) is 3. The second-order valence-corrected chi connectivity index (χ2v) is 7.11. The van der Waals surface area contributed by atoms with Crippen molar-refractivity contribution in [3.05, 3.63) is 34.9 Å². The maximum Gasteiger partial charge on any atom is 0.408 e. The molecule has 0 heterocycles. The van der Waals surface area contributed by atoms with E-state index in [-0.39, 0.29) is 5.78 Å². The third kappa shape index (κ3) is 3.61. The van der Waals surface area contributed by atoms with Crippen molar-refractivity contribution in [1.82, 2.24) is 5.32 Å². The van der Waals surface area contributed by atoms with Crippen LogP contribution < -0.4 is 5.32 Å². The Morgan fingerprint density at radius 1 is 1.27 bits per heavy atom. The molecule has 5 heteroatoms. The molecule has 1 aliphatic rings. The molecule has 0 aromatic heterocycles. The smallest absolute Gasteiger partial charge is 0.408 e. The first-order valence-corrected chi connectivity index (χ1v) is 7.92. The zero-order valence-corrected chi connectivity index (χ0v) is 14.0. The van der Waals surface area contributed by atoms with Gasteiger partial charge in [-0.15, -0.1) is 0 Å². The van der Waals surface area contributed by atoms with Crippen LogP contribution in [0.15, 0.2) is 24.3 Å². The lowest BCUT2D eigenvalue weighted by Gasteiger charge is -2.37. The molecule has 1 amide bonds. The van der Waals surface area contributed by atoms with Crippen LogP contribution in [0.1, 0.15) is 52.0 Å². The lowest BCUT2D eigenvalue weighted by atomic mass is 9.78. The molecular formula is C17H22ClNO3. The van der Waals surface area contributed by atoms with Crippen LogP contribution in [0.25, 0.3) is 0 Å². The quantitative estimate of drug-likeness (QED) is 0.887. The summed E-state index contributed by atoms with van der Waals surface area (Å²) in [5.74, 6) is -0.0871. The molecule has 0 saturated heterocycles. The van der Waals surface area contributed by atoms with Gasteiger partial charge in [-0.05, 0) is 46.1 Å². The minimum atomic E-state index is -1.27. The fourth-order valence-electron chi connectivity index (χ4n) is 2.73. The van der Waals surface area contributed by atoms with Gasteiger partial charge in [0.2, 0.25) is 0 Å². The van der Waals surface area contributed by atoms with Gasteiger partial charge in [-0.25, -0.2) is 4.79 Å². The average molecular weight is 324 g/mol. The zero-order valence-electron chi connectivity index (χ0n) is 13.2. The van der Waals surface area contributed by atoms with Gasteiger partial charge in [0.25, 0.3) is 0 Å². The van der Waals surface area contributed by atoms with Crippen molar-refractivity contribution < 1.29 is 14.3 Å². The molecule has 0 bridgehead atoms. The highest BCUT2D eigenvalue weighted by molar-refractivity contribution is 6.31. The van der Waals surface area contributed by atoms with E-state index in [2.05, 4.69) is 5.32 Å². The lowest BCUT2D eigenvalue weighted by Crippen LogP contribution is -2.49. The third-order valence-corrected chi connectivity index (χ3v) is 4.02.